The molecule has 41 heavy (non-hydrogen) atoms. The molecule has 0 spiro atoms. The zero-order chi connectivity index (χ0) is 29.5. The number of hydrogen-bond donors (Lipinski definition) is 2. The molecule has 1 aliphatic carbocycles. The number of ether oxygens (including phenoxy) is 3. The van der Waals surface area contributed by atoms with E-state index in [0.29, 0.717) is 22.5 Å². The second-order valence-electron chi connectivity index (χ2n) is 12.3. The van der Waals surface area contributed by atoms with Crippen LogP contribution in [-0.4, -0.2) is 75.9 Å². The van der Waals surface area contributed by atoms with Gasteiger partial charge >= 0.3 is 12.1 Å². The molecule has 3 heterocycles. The minimum atomic E-state index is -1.14. The highest BCUT2D eigenvalue weighted by Crippen LogP contribution is 2.45. The molecule has 11 nitrogen and oxygen atoms in total. The van der Waals surface area contributed by atoms with Crippen LogP contribution in [0.3, 0.4) is 0 Å². The van der Waals surface area contributed by atoms with E-state index in [1.165, 1.54) is 4.90 Å². The van der Waals surface area contributed by atoms with Gasteiger partial charge in [0.15, 0.2) is 0 Å². The third-order valence-corrected chi connectivity index (χ3v) is 8.25. The topological polar surface area (TPSA) is 140 Å². The number of benzene rings is 1. The molecule has 2 fully saturated rings. The Morgan fingerprint density at radius 3 is 2.66 bits per heavy atom. The SMILES string of the molecule is COc1ccc2nc3c(nc2c1)O[C@@H]1C[C@@H](C(=O)O)N(C1)C(=O)[C@H](C(C)(C)C)NC(=O)O[C@@H]1C(C)[C@H]1CCCC=C3. The van der Waals surface area contributed by atoms with Gasteiger partial charge in [0.25, 0.3) is 0 Å². The van der Waals surface area contributed by atoms with E-state index in [1.807, 2.05) is 45.1 Å². The molecule has 1 saturated heterocycles. The van der Waals surface area contributed by atoms with Gasteiger partial charge < -0.3 is 29.5 Å². The molecule has 2 amide bonds. The third kappa shape index (κ3) is 6.08. The van der Waals surface area contributed by atoms with E-state index < -0.39 is 41.6 Å². The molecule has 1 saturated carbocycles. The number of allylic oxidation sites excluding steroid dienone is 1. The van der Waals surface area contributed by atoms with Crippen LogP contribution < -0.4 is 14.8 Å². The summed E-state index contributed by atoms with van der Waals surface area (Å²) in [6, 6.07) is 3.28. The molecule has 1 unspecified atom stereocenters. The van der Waals surface area contributed by atoms with Gasteiger partial charge in [-0.25, -0.2) is 19.6 Å². The molecule has 11 heteroatoms. The van der Waals surface area contributed by atoms with E-state index >= 15 is 0 Å². The number of amides is 2. The fourth-order valence-corrected chi connectivity index (χ4v) is 5.76. The number of carboxylic acid groups (broad SMARTS) is 1. The van der Waals surface area contributed by atoms with Crippen molar-refractivity contribution in [3.8, 4) is 11.6 Å². The molecular formula is C30H38N4O7. The fourth-order valence-electron chi connectivity index (χ4n) is 5.76. The summed E-state index contributed by atoms with van der Waals surface area (Å²) >= 11 is 0. The van der Waals surface area contributed by atoms with Crippen molar-refractivity contribution in [2.24, 2.45) is 17.3 Å². The van der Waals surface area contributed by atoms with Crippen molar-refractivity contribution in [3.63, 3.8) is 0 Å². The summed E-state index contributed by atoms with van der Waals surface area (Å²) in [5.74, 6) is -0.274. The number of carboxylic acids is 1. The highest BCUT2D eigenvalue weighted by Gasteiger charge is 2.50. The molecule has 220 valence electrons. The van der Waals surface area contributed by atoms with E-state index in [4.69, 9.17) is 24.2 Å². The van der Waals surface area contributed by atoms with Crippen molar-refractivity contribution in [3.05, 3.63) is 30.0 Å². The van der Waals surface area contributed by atoms with Crippen molar-refractivity contribution >= 4 is 35.1 Å². The average molecular weight is 567 g/mol. The lowest BCUT2D eigenvalue weighted by Crippen LogP contribution is -2.57. The number of hydrogen-bond acceptors (Lipinski definition) is 8. The van der Waals surface area contributed by atoms with Crippen molar-refractivity contribution in [1.29, 1.82) is 0 Å². The normalized spacial score (nSPS) is 28.9. The summed E-state index contributed by atoms with van der Waals surface area (Å²) < 4.78 is 17.3. The number of nitrogens with zero attached hydrogens (tertiary/aromatic N) is 3. The Morgan fingerprint density at radius 1 is 1.17 bits per heavy atom. The second kappa shape index (κ2) is 11.2. The zero-order valence-electron chi connectivity index (χ0n) is 24.1. The number of carbonyl (C=O) groups is 3. The van der Waals surface area contributed by atoms with Gasteiger partial charge in [-0.05, 0) is 48.8 Å². The standard InChI is InChI=1S/C30H38N4O7/c1-16-19-9-7-6-8-10-21-26(32-22-13-17(39-5)11-12-20(22)31-21)40-18-14-23(28(36)37)34(15-18)27(35)25(30(2,3)4)33-29(38)41-24(16)19/h8,10-13,16,18-19,23-25H,6-7,9,14-15H2,1-5H3,(H,33,38)(H,36,37)/t16?,18-,19-,23+,24-,25-/m1/s1. The molecule has 3 aliphatic rings. The largest absolute Gasteiger partial charge is 0.497 e. The number of aromatic nitrogens is 2. The lowest BCUT2D eigenvalue weighted by Gasteiger charge is -2.34. The maximum Gasteiger partial charge on any atom is 0.408 e. The third-order valence-electron chi connectivity index (χ3n) is 8.25. The van der Waals surface area contributed by atoms with Gasteiger partial charge in [0, 0.05) is 18.4 Å². The molecule has 2 aromatic rings. The van der Waals surface area contributed by atoms with Crippen molar-refractivity contribution in [2.45, 2.75) is 77.7 Å². The van der Waals surface area contributed by atoms with Gasteiger partial charge in [-0.3, -0.25) is 4.79 Å². The number of methoxy groups -OCH3 is 1. The highest BCUT2D eigenvalue weighted by molar-refractivity contribution is 5.90. The number of rotatable bonds is 2. The van der Waals surface area contributed by atoms with Crippen LogP contribution in [0.1, 0.15) is 59.1 Å². The first-order chi connectivity index (χ1) is 19.5. The van der Waals surface area contributed by atoms with E-state index in [1.54, 1.807) is 13.2 Å². The molecule has 2 N–H and O–H groups in total. The Hall–Kier alpha value is -3.89. The number of nitrogens with one attached hydrogen (secondary N) is 1. The Labute approximate surface area is 239 Å². The van der Waals surface area contributed by atoms with Crippen LogP contribution in [0, 0.1) is 17.3 Å². The Morgan fingerprint density at radius 2 is 1.95 bits per heavy atom. The van der Waals surface area contributed by atoms with Gasteiger partial charge in [0.2, 0.25) is 11.8 Å². The minimum Gasteiger partial charge on any atom is -0.497 e. The molecule has 0 radical (unpaired) electrons. The van der Waals surface area contributed by atoms with E-state index in [0.717, 1.165) is 19.3 Å². The first-order valence-electron chi connectivity index (χ1n) is 14.2. The van der Waals surface area contributed by atoms with Crippen molar-refractivity contribution < 1.29 is 33.7 Å². The van der Waals surface area contributed by atoms with Crippen LogP contribution in [0.25, 0.3) is 17.1 Å². The number of aliphatic carboxylic acids is 1. The smallest absolute Gasteiger partial charge is 0.408 e. The summed E-state index contributed by atoms with van der Waals surface area (Å²) in [5.41, 5.74) is 1.07. The second-order valence-corrected chi connectivity index (χ2v) is 12.3. The lowest BCUT2D eigenvalue weighted by molar-refractivity contribution is -0.150. The molecule has 5 rings (SSSR count). The van der Waals surface area contributed by atoms with Crippen molar-refractivity contribution in [2.75, 3.05) is 13.7 Å². The van der Waals surface area contributed by atoms with Gasteiger partial charge in [-0.15, -0.1) is 0 Å². The molecule has 6 atom stereocenters. The number of fused-ring (bicyclic) bond motifs is 5. The van der Waals surface area contributed by atoms with Gasteiger partial charge in [0.1, 0.15) is 35.7 Å². The maximum atomic E-state index is 13.8. The summed E-state index contributed by atoms with van der Waals surface area (Å²) in [4.78, 5) is 49.8. The van der Waals surface area contributed by atoms with Gasteiger partial charge in [-0.1, -0.05) is 33.8 Å². The Bertz CT molecular complexity index is 1370. The Kier molecular flexibility index (Phi) is 7.80. The highest BCUT2D eigenvalue weighted by atomic mass is 16.6. The quantitative estimate of drug-likeness (QED) is 0.551. The Balaban J connectivity index is 1.51. The summed E-state index contributed by atoms with van der Waals surface area (Å²) in [5, 5.41) is 12.8. The van der Waals surface area contributed by atoms with Crippen LogP contribution in [0.15, 0.2) is 24.3 Å². The molecule has 2 aliphatic heterocycles. The average Bonchev–Trinajstić information content (AvgIpc) is 3.30. The molecule has 1 aromatic carbocycles. The minimum absolute atomic E-state index is 0.0157. The first kappa shape index (κ1) is 28.6. The monoisotopic (exact) mass is 566 g/mol. The van der Waals surface area contributed by atoms with Gasteiger partial charge in [0.05, 0.1) is 24.7 Å². The zero-order valence-corrected chi connectivity index (χ0v) is 24.1. The summed E-state index contributed by atoms with van der Waals surface area (Å²) in [7, 11) is 1.57. The summed E-state index contributed by atoms with van der Waals surface area (Å²) in [6.45, 7) is 7.53. The first-order valence-corrected chi connectivity index (χ1v) is 14.2. The summed E-state index contributed by atoms with van der Waals surface area (Å²) in [6.07, 6.45) is 5.02. The van der Waals surface area contributed by atoms with Crippen LogP contribution >= 0.6 is 0 Å². The van der Waals surface area contributed by atoms with Gasteiger partial charge in [-0.2, -0.15) is 0 Å². The fraction of sp³-hybridized carbons (Fsp3) is 0.567. The van der Waals surface area contributed by atoms with E-state index in [9.17, 15) is 19.5 Å². The van der Waals surface area contributed by atoms with Crippen LogP contribution in [0.4, 0.5) is 4.79 Å². The molecule has 2 bridgehead atoms. The molecule has 1 aromatic heterocycles. The molecular weight excluding hydrogens is 528 g/mol. The predicted molar refractivity (Wildman–Crippen MR) is 150 cm³/mol. The predicted octanol–water partition coefficient (Wildman–Crippen LogP) is 4.04. The van der Waals surface area contributed by atoms with Crippen LogP contribution in [0.2, 0.25) is 0 Å². The van der Waals surface area contributed by atoms with Crippen LogP contribution in [0.5, 0.6) is 11.6 Å². The lowest BCUT2D eigenvalue weighted by atomic mass is 9.85. The maximum absolute atomic E-state index is 13.8. The van der Waals surface area contributed by atoms with E-state index in [2.05, 4.69) is 12.2 Å². The van der Waals surface area contributed by atoms with Crippen LogP contribution in [-0.2, 0) is 14.3 Å². The van der Waals surface area contributed by atoms with Crippen molar-refractivity contribution in [1.82, 2.24) is 20.2 Å². The number of carbonyl (C=O) groups excluding carboxylic acids is 2. The van der Waals surface area contributed by atoms with E-state index in [-0.39, 0.29) is 36.8 Å². The number of alkyl carbamates (subject to hydrolysis) is 1.